The minimum Gasteiger partial charge on any atom is -0.461 e. The molecule has 3 aliphatic heterocycles. The number of carbonyl (C=O) groups is 1. The molecular formula is C33H34F2N6O2. The molecule has 222 valence electrons. The molecule has 7 rings (SSSR count). The summed E-state index contributed by atoms with van der Waals surface area (Å²) in [6.45, 7) is 8.87. The van der Waals surface area contributed by atoms with Crippen LogP contribution in [0.5, 0.6) is 6.01 Å². The number of benzene rings is 2. The zero-order valence-corrected chi connectivity index (χ0v) is 24.2. The fourth-order valence-electron chi connectivity index (χ4n) is 7.17. The summed E-state index contributed by atoms with van der Waals surface area (Å²) >= 11 is 0. The highest BCUT2D eigenvalue weighted by molar-refractivity contribution is 5.98. The average molecular weight is 585 g/mol. The van der Waals surface area contributed by atoms with Gasteiger partial charge in [0.2, 0.25) is 5.91 Å². The molecule has 3 aliphatic rings. The van der Waals surface area contributed by atoms with Gasteiger partial charge < -0.3 is 14.5 Å². The summed E-state index contributed by atoms with van der Waals surface area (Å²) in [6.07, 6.45) is 2.81. The number of ether oxygens (including phenoxy) is 1. The van der Waals surface area contributed by atoms with Gasteiger partial charge in [-0.1, -0.05) is 36.9 Å². The van der Waals surface area contributed by atoms with Crippen molar-refractivity contribution >= 4 is 33.5 Å². The Hall–Kier alpha value is -4.18. The number of rotatable bonds is 6. The molecule has 0 aliphatic carbocycles. The minimum atomic E-state index is -0.863. The van der Waals surface area contributed by atoms with Crippen LogP contribution in [0, 0.1) is 5.82 Å². The SMILES string of the molecule is C=CC(=O)N1CCN(c2nc(OC[C@@]34CCCN3C[C@H](F)C4)nc3nc(-c4cccc5cccc(F)c45)ccc23)[C@H](C)C1. The maximum absolute atomic E-state index is 15.0. The van der Waals surface area contributed by atoms with Gasteiger partial charge in [-0.2, -0.15) is 9.97 Å². The van der Waals surface area contributed by atoms with Gasteiger partial charge in [0.15, 0.2) is 5.65 Å². The van der Waals surface area contributed by atoms with Gasteiger partial charge in [0.1, 0.15) is 24.4 Å². The molecule has 43 heavy (non-hydrogen) atoms. The van der Waals surface area contributed by atoms with E-state index in [0.29, 0.717) is 67.3 Å². The lowest BCUT2D eigenvalue weighted by Gasteiger charge is -2.40. The Morgan fingerprint density at radius 3 is 2.74 bits per heavy atom. The largest absolute Gasteiger partial charge is 0.461 e. The molecule has 2 aromatic carbocycles. The van der Waals surface area contributed by atoms with E-state index in [1.165, 1.54) is 12.1 Å². The second-order valence-corrected chi connectivity index (χ2v) is 11.9. The highest BCUT2D eigenvalue weighted by Gasteiger charge is 2.49. The van der Waals surface area contributed by atoms with Crippen molar-refractivity contribution in [1.82, 2.24) is 24.8 Å². The number of amides is 1. The third kappa shape index (κ3) is 4.87. The van der Waals surface area contributed by atoms with Crippen LogP contribution in [-0.2, 0) is 4.79 Å². The molecular weight excluding hydrogens is 550 g/mol. The number of hydrogen-bond donors (Lipinski definition) is 0. The fraction of sp³-hybridized carbons (Fsp3) is 0.394. The second-order valence-electron chi connectivity index (χ2n) is 11.9. The van der Waals surface area contributed by atoms with Crippen LogP contribution in [0.15, 0.2) is 61.2 Å². The number of anilines is 1. The molecule has 2 aromatic heterocycles. The number of aromatic nitrogens is 3. The fourth-order valence-corrected chi connectivity index (χ4v) is 7.17. The van der Waals surface area contributed by atoms with Gasteiger partial charge in [-0.15, -0.1) is 0 Å². The first kappa shape index (κ1) is 27.6. The highest BCUT2D eigenvalue weighted by Crippen LogP contribution is 2.41. The molecule has 10 heteroatoms. The quantitative estimate of drug-likeness (QED) is 0.290. The summed E-state index contributed by atoms with van der Waals surface area (Å²) in [7, 11) is 0. The summed E-state index contributed by atoms with van der Waals surface area (Å²) in [5.41, 5.74) is 1.34. The molecule has 5 heterocycles. The van der Waals surface area contributed by atoms with E-state index in [4.69, 9.17) is 19.7 Å². The molecule has 8 nitrogen and oxygen atoms in total. The van der Waals surface area contributed by atoms with Crippen molar-refractivity contribution in [2.45, 2.75) is 43.9 Å². The summed E-state index contributed by atoms with van der Waals surface area (Å²) in [5, 5.41) is 2.02. The second kappa shape index (κ2) is 10.8. The van der Waals surface area contributed by atoms with Crippen LogP contribution in [0.1, 0.15) is 26.2 Å². The Morgan fingerprint density at radius 1 is 1.09 bits per heavy atom. The van der Waals surface area contributed by atoms with Crippen LogP contribution in [0.2, 0.25) is 0 Å². The third-order valence-electron chi connectivity index (χ3n) is 9.27. The number of halogens is 2. The smallest absolute Gasteiger partial charge is 0.320 e. The van der Waals surface area contributed by atoms with Gasteiger partial charge in [-0.3, -0.25) is 9.69 Å². The Morgan fingerprint density at radius 2 is 1.93 bits per heavy atom. The molecule has 3 saturated heterocycles. The van der Waals surface area contributed by atoms with E-state index in [9.17, 15) is 9.18 Å². The van der Waals surface area contributed by atoms with E-state index in [1.807, 2.05) is 43.3 Å². The first-order valence-electron chi connectivity index (χ1n) is 14.9. The molecule has 3 atom stereocenters. The number of pyridine rings is 1. The molecule has 1 amide bonds. The minimum absolute atomic E-state index is 0.0403. The van der Waals surface area contributed by atoms with Gasteiger partial charge >= 0.3 is 6.01 Å². The molecule has 0 saturated carbocycles. The molecule has 4 aromatic rings. The first-order valence-corrected chi connectivity index (χ1v) is 14.9. The Kier molecular flexibility index (Phi) is 6.96. The molecule has 0 N–H and O–H groups in total. The molecule has 3 fully saturated rings. The van der Waals surface area contributed by atoms with E-state index >= 15 is 4.39 Å². The van der Waals surface area contributed by atoms with Crippen molar-refractivity contribution in [3.8, 4) is 17.3 Å². The van der Waals surface area contributed by atoms with Gasteiger partial charge in [-0.25, -0.2) is 13.8 Å². The summed E-state index contributed by atoms with van der Waals surface area (Å²) in [6, 6.07) is 14.6. The number of fused-ring (bicyclic) bond motifs is 3. The van der Waals surface area contributed by atoms with Gasteiger partial charge in [0.25, 0.3) is 0 Å². The van der Waals surface area contributed by atoms with E-state index in [-0.39, 0.29) is 29.3 Å². The Balaban J connectivity index is 1.30. The van der Waals surface area contributed by atoms with Gasteiger partial charge in [0.05, 0.1) is 16.6 Å². The number of hydrogen-bond acceptors (Lipinski definition) is 7. The van der Waals surface area contributed by atoms with Crippen molar-refractivity contribution in [2.75, 3.05) is 44.2 Å². The van der Waals surface area contributed by atoms with E-state index in [2.05, 4.69) is 16.4 Å². The maximum atomic E-state index is 15.0. The highest BCUT2D eigenvalue weighted by atomic mass is 19.1. The predicted octanol–water partition coefficient (Wildman–Crippen LogP) is 5.16. The zero-order chi connectivity index (χ0) is 29.7. The van der Waals surface area contributed by atoms with Gasteiger partial charge in [0, 0.05) is 49.6 Å². The van der Waals surface area contributed by atoms with Crippen molar-refractivity contribution in [1.29, 1.82) is 0 Å². The maximum Gasteiger partial charge on any atom is 0.320 e. The Bertz CT molecular complexity index is 1730. The van der Waals surface area contributed by atoms with Crippen LogP contribution in [-0.4, -0.2) is 87.7 Å². The van der Waals surface area contributed by atoms with Crippen LogP contribution in [0.4, 0.5) is 14.6 Å². The third-order valence-corrected chi connectivity index (χ3v) is 9.27. The van der Waals surface area contributed by atoms with Crippen LogP contribution >= 0.6 is 0 Å². The van der Waals surface area contributed by atoms with E-state index in [1.54, 1.807) is 11.0 Å². The zero-order valence-electron chi connectivity index (χ0n) is 24.2. The number of carbonyl (C=O) groups excluding carboxylic acids is 1. The topological polar surface area (TPSA) is 74.7 Å². The lowest BCUT2D eigenvalue weighted by molar-refractivity contribution is -0.126. The lowest BCUT2D eigenvalue weighted by atomic mass is 9.95. The normalized spacial score (nSPS) is 24.1. The Labute approximate surface area is 249 Å². The van der Waals surface area contributed by atoms with Crippen LogP contribution in [0.3, 0.4) is 0 Å². The monoisotopic (exact) mass is 584 g/mol. The van der Waals surface area contributed by atoms with Crippen molar-refractivity contribution < 1.29 is 18.3 Å². The van der Waals surface area contributed by atoms with Crippen molar-refractivity contribution in [3.63, 3.8) is 0 Å². The number of alkyl halides is 1. The summed E-state index contributed by atoms with van der Waals surface area (Å²) in [4.78, 5) is 33.0. The molecule has 0 unspecified atom stereocenters. The lowest BCUT2D eigenvalue weighted by Crippen LogP contribution is -2.53. The molecule has 0 spiro atoms. The number of nitrogens with zero attached hydrogens (tertiary/aromatic N) is 6. The van der Waals surface area contributed by atoms with Crippen molar-refractivity contribution in [3.05, 3.63) is 67.0 Å². The van der Waals surface area contributed by atoms with Crippen LogP contribution < -0.4 is 9.64 Å². The summed E-state index contributed by atoms with van der Waals surface area (Å²) in [5.74, 6) is 0.253. The van der Waals surface area contributed by atoms with E-state index < -0.39 is 6.17 Å². The van der Waals surface area contributed by atoms with Crippen molar-refractivity contribution in [2.24, 2.45) is 0 Å². The number of piperazine rings is 1. The summed E-state index contributed by atoms with van der Waals surface area (Å²) < 4.78 is 35.7. The average Bonchev–Trinajstić information content (AvgIpc) is 3.54. The standard InChI is InChI=1S/C33H34F2N6O2/c1-3-28(42)39-15-16-41(21(2)18-39)31-25-11-12-27(24-9-4-7-22-8-5-10-26(35)29(22)24)36-30(25)37-32(38-31)43-20-33-13-6-14-40(33)19-23(34)17-33/h3-5,7-12,21,23H,1,6,13-20H2,2H3/t21-,23-,33+/m1/s1. The van der Waals surface area contributed by atoms with Crippen LogP contribution in [0.25, 0.3) is 33.1 Å². The molecule has 0 bridgehead atoms. The first-order chi connectivity index (χ1) is 20.8. The van der Waals surface area contributed by atoms with E-state index in [0.717, 1.165) is 30.2 Å². The predicted molar refractivity (Wildman–Crippen MR) is 162 cm³/mol. The van der Waals surface area contributed by atoms with Gasteiger partial charge in [-0.05, 0) is 56.0 Å². The molecule has 0 radical (unpaired) electrons.